The van der Waals surface area contributed by atoms with Gasteiger partial charge in [0.05, 0.1) is 0 Å². The predicted molar refractivity (Wildman–Crippen MR) is 84.0 cm³/mol. The minimum atomic E-state index is -0.452. The minimum absolute atomic E-state index is 0.122. The van der Waals surface area contributed by atoms with E-state index in [2.05, 4.69) is 10.3 Å². The second-order valence-corrected chi connectivity index (χ2v) is 5.28. The number of halogens is 1. The van der Waals surface area contributed by atoms with Crippen LogP contribution in [0.15, 0.2) is 47.0 Å². The van der Waals surface area contributed by atoms with Gasteiger partial charge in [-0.15, -0.1) is 0 Å². The number of carbonyl (C=O) groups is 1. The Kier molecular flexibility index (Phi) is 3.65. The number of fused-ring (bicyclic) bond motifs is 1. The Balaban J connectivity index is 1.98. The van der Waals surface area contributed by atoms with Crippen molar-refractivity contribution in [2.45, 2.75) is 6.92 Å². The zero-order chi connectivity index (χ0) is 15.7. The maximum atomic E-state index is 12.3. The number of anilines is 1. The van der Waals surface area contributed by atoms with Crippen molar-refractivity contribution in [1.29, 1.82) is 5.41 Å². The van der Waals surface area contributed by atoms with Gasteiger partial charge in [0.1, 0.15) is 17.0 Å². The number of carbonyl (C=O) groups excluding carboxylic acids is 1. The molecule has 0 bridgehead atoms. The molecule has 2 heterocycles. The number of amides is 1. The summed E-state index contributed by atoms with van der Waals surface area (Å²) in [5.74, 6) is -0.0341. The molecule has 110 valence electrons. The molecule has 0 atom stereocenters. The first-order valence-corrected chi connectivity index (χ1v) is 6.93. The third-order valence-electron chi connectivity index (χ3n) is 3.13. The summed E-state index contributed by atoms with van der Waals surface area (Å²) < 4.78 is 5.35. The Morgan fingerprint density at radius 3 is 2.82 bits per heavy atom. The number of aryl methyl sites for hydroxylation is 1. The largest absolute Gasteiger partial charge is 0.438 e. The molecule has 1 aromatic carbocycles. The lowest BCUT2D eigenvalue weighted by Crippen LogP contribution is -2.21. The molecule has 5 nitrogen and oxygen atoms in total. The molecule has 0 radical (unpaired) electrons. The zero-order valence-corrected chi connectivity index (χ0v) is 12.4. The summed E-state index contributed by atoms with van der Waals surface area (Å²) in [5, 5.41) is 11.7. The van der Waals surface area contributed by atoms with Gasteiger partial charge in [0.15, 0.2) is 0 Å². The summed E-state index contributed by atoms with van der Waals surface area (Å²) in [6.07, 6.45) is 1.65. The molecule has 22 heavy (non-hydrogen) atoms. The molecule has 2 aromatic heterocycles. The number of pyridine rings is 1. The first-order valence-electron chi connectivity index (χ1n) is 6.55. The molecule has 1 amide bonds. The van der Waals surface area contributed by atoms with E-state index in [1.54, 1.807) is 36.5 Å². The van der Waals surface area contributed by atoms with Crippen LogP contribution in [0.5, 0.6) is 0 Å². The highest BCUT2D eigenvalue weighted by Gasteiger charge is 2.12. The van der Waals surface area contributed by atoms with Gasteiger partial charge in [-0.1, -0.05) is 17.7 Å². The van der Waals surface area contributed by atoms with Crippen molar-refractivity contribution < 1.29 is 9.21 Å². The molecule has 0 saturated heterocycles. The van der Waals surface area contributed by atoms with E-state index in [1.807, 2.05) is 13.0 Å². The van der Waals surface area contributed by atoms with Gasteiger partial charge in [-0.3, -0.25) is 10.2 Å². The van der Waals surface area contributed by atoms with E-state index in [0.717, 1.165) is 5.56 Å². The highest BCUT2D eigenvalue weighted by molar-refractivity contribution is 6.31. The molecule has 0 aliphatic rings. The fourth-order valence-electron chi connectivity index (χ4n) is 2.01. The molecule has 6 heteroatoms. The molecular weight excluding hydrogens is 302 g/mol. The number of benzene rings is 1. The van der Waals surface area contributed by atoms with Crippen molar-refractivity contribution in [3.63, 3.8) is 0 Å². The van der Waals surface area contributed by atoms with E-state index < -0.39 is 5.91 Å². The zero-order valence-electron chi connectivity index (χ0n) is 11.7. The van der Waals surface area contributed by atoms with Crippen LogP contribution in [0, 0.1) is 12.3 Å². The topological polar surface area (TPSA) is 79.0 Å². The van der Waals surface area contributed by atoms with Crippen molar-refractivity contribution in [3.05, 3.63) is 64.3 Å². The van der Waals surface area contributed by atoms with Crippen LogP contribution in [0.2, 0.25) is 5.02 Å². The van der Waals surface area contributed by atoms with E-state index in [-0.39, 0.29) is 11.1 Å². The second kappa shape index (κ2) is 5.61. The van der Waals surface area contributed by atoms with Crippen LogP contribution >= 0.6 is 11.6 Å². The Hall–Kier alpha value is -2.66. The highest BCUT2D eigenvalue weighted by Crippen LogP contribution is 2.19. The molecule has 3 aromatic rings. The van der Waals surface area contributed by atoms with Crippen molar-refractivity contribution in [2.24, 2.45) is 0 Å². The monoisotopic (exact) mass is 313 g/mol. The third-order valence-corrected chi connectivity index (χ3v) is 3.36. The van der Waals surface area contributed by atoms with E-state index in [0.29, 0.717) is 21.8 Å². The third kappa shape index (κ3) is 2.84. The molecule has 2 N–H and O–H groups in total. The molecular formula is C16H12ClN3O2. The number of hydrogen-bond acceptors (Lipinski definition) is 4. The normalized spacial score (nSPS) is 10.6. The number of hydrogen-bond donors (Lipinski definition) is 2. The van der Waals surface area contributed by atoms with Gasteiger partial charge < -0.3 is 9.73 Å². The lowest BCUT2D eigenvalue weighted by molar-refractivity contribution is 0.102. The van der Waals surface area contributed by atoms with Gasteiger partial charge in [0, 0.05) is 16.6 Å². The molecule has 3 rings (SSSR count). The van der Waals surface area contributed by atoms with Gasteiger partial charge >= 0.3 is 0 Å². The van der Waals surface area contributed by atoms with E-state index in [1.165, 1.54) is 0 Å². The van der Waals surface area contributed by atoms with Crippen LogP contribution in [0.1, 0.15) is 15.9 Å². The maximum absolute atomic E-state index is 12.3. The number of nitrogens with zero attached hydrogens (tertiary/aromatic N) is 1. The first kappa shape index (κ1) is 14.3. The molecule has 0 aliphatic heterocycles. The average molecular weight is 314 g/mol. The SMILES string of the molecule is Cc1ccc(NC(=O)c2cc3cc(Cl)ccc3oc2=N)nc1. The number of rotatable bonds is 2. The highest BCUT2D eigenvalue weighted by atomic mass is 35.5. The molecule has 0 unspecified atom stereocenters. The fraction of sp³-hybridized carbons (Fsp3) is 0.0625. The Labute approximate surface area is 131 Å². The summed E-state index contributed by atoms with van der Waals surface area (Å²) in [5.41, 5.74) is 1.41. The summed E-state index contributed by atoms with van der Waals surface area (Å²) >= 11 is 5.94. The Bertz CT molecular complexity index is 917. The van der Waals surface area contributed by atoms with Gasteiger partial charge in [-0.25, -0.2) is 4.98 Å². The molecule has 0 aliphatic carbocycles. The van der Waals surface area contributed by atoms with Crippen LogP contribution in [0.4, 0.5) is 5.82 Å². The molecule has 0 spiro atoms. The lowest BCUT2D eigenvalue weighted by Gasteiger charge is -2.06. The van der Waals surface area contributed by atoms with Crippen LogP contribution in [-0.2, 0) is 0 Å². The van der Waals surface area contributed by atoms with Crippen molar-refractivity contribution in [1.82, 2.24) is 4.98 Å². The first-order chi connectivity index (χ1) is 10.5. The van der Waals surface area contributed by atoms with Gasteiger partial charge in [0.25, 0.3) is 5.91 Å². The Morgan fingerprint density at radius 2 is 2.09 bits per heavy atom. The minimum Gasteiger partial charge on any atom is -0.438 e. The smallest absolute Gasteiger partial charge is 0.262 e. The van der Waals surface area contributed by atoms with Crippen molar-refractivity contribution in [3.8, 4) is 0 Å². The van der Waals surface area contributed by atoms with E-state index in [9.17, 15) is 4.79 Å². The van der Waals surface area contributed by atoms with Gasteiger partial charge in [-0.2, -0.15) is 0 Å². The summed E-state index contributed by atoms with van der Waals surface area (Å²) in [6.45, 7) is 1.91. The second-order valence-electron chi connectivity index (χ2n) is 4.85. The van der Waals surface area contributed by atoms with E-state index >= 15 is 0 Å². The van der Waals surface area contributed by atoms with Crippen LogP contribution in [0.25, 0.3) is 11.0 Å². The number of nitrogens with one attached hydrogen (secondary N) is 2. The molecule has 0 saturated carbocycles. The Morgan fingerprint density at radius 1 is 1.27 bits per heavy atom. The standard InChI is InChI=1S/C16H12ClN3O2/c1-9-2-5-14(19-8-9)20-16(21)12-7-10-6-11(17)3-4-13(10)22-15(12)18/h2-8,18H,1H3,(H,19,20,21). The molecule has 0 fully saturated rings. The van der Waals surface area contributed by atoms with Crippen LogP contribution in [0.3, 0.4) is 0 Å². The lowest BCUT2D eigenvalue weighted by atomic mass is 10.1. The van der Waals surface area contributed by atoms with Crippen molar-refractivity contribution >= 4 is 34.3 Å². The van der Waals surface area contributed by atoms with Crippen LogP contribution < -0.4 is 10.9 Å². The van der Waals surface area contributed by atoms with Gasteiger partial charge in [0.2, 0.25) is 5.55 Å². The summed E-state index contributed by atoms with van der Waals surface area (Å²) in [6, 6.07) is 10.1. The van der Waals surface area contributed by atoms with Crippen LogP contribution in [-0.4, -0.2) is 10.9 Å². The predicted octanol–water partition coefficient (Wildman–Crippen LogP) is 3.52. The maximum Gasteiger partial charge on any atom is 0.262 e. The van der Waals surface area contributed by atoms with E-state index in [4.69, 9.17) is 21.4 Å². The van der Waals surface area contributed by atoms with Crippen molar-refractivity contribution in [2.75, 3.05) is 5.32 Å². The average Bonchev–Trinajstić information content (AvgIpc) is 2.49. The quantitative estimate of drug-likeness (QED) is 0.759. The summed E-state index contributed by atoms with van der Waals surface area (Å²) in [7, 11) is 0. The van der Waals surface area contributed by atoms with Gasteiger partial charge in [-0.05, 0) is 42.8 Å². The fourth-order valence-corrected chi connectivity index (χ4v) is 2.19. The summed E-state index contributed by atoms with van der Waals surface area (Å²) in [4.78, 5) is 16.4. The number of aromatic nitrogens is 1.